The molecule has 1 aliphatic heterocycles. The summed E-state index contributed by atoms with van der Waals surface area (Å²) in [4.78, 5) is 2.41. The normalized spacial score (nSPS) is 32.4. The second kappa shape index (κ2) is 4.25. The number of nitrogens with zero attached hydrogens (tertiary/aromatic N) is 1. The van der Waals surface area contributed by atoms with Crippen molar-refractivity contribution in [2.75, 3.05) is 46.7 Å². The molecule has 0 aromatic carbocycles. The van der Waals surface area contributed by atoms with Crippen LogP contribution in [0.2, 0.25) is 0 Å². The third kappa shape index (κ3) is 3.93. The summed E-state index contributed by atoms with van der Waals surface area (Å²) in [7, 11) is 0.905. The molecule has 1 saturated heterocycles. The van der Waals surface area contributed by atoms with E-state index in [1.54, 1.807) is 0 Å². The van der Waals surface area contributed by atoms with Crippen LogP contribution in [0.3, 0.4) is 0 Å². The van der Waals surface area contributed by atoms with E-state index in [2.05, 4.69) is 38.9 Å². The van der Waals surface area contributed by atoms with E-state index in [9.17, 15) is 0 Å². The average molecular weight is 205 g/mol. The molecule has 1 aliphatic rings. The first-order valence-electron chi connectivity index (χ1n) is 5.21. The third-order valence-electron chi connectivity index (χ3n) is 2.68. The molecule has 0 radical (unpaired) electrons. The van der Waals surface area contributed by atoms with Crippen LogP contribution in [0.15, 0.2) is 0 Å². The van der Waals surface area contributed by atoms with Gasteiger partial charge in [-0.05, 0) is 0 Å². The van der Waals surface area contributed by atoms with Gasteiger partial charge in [0.05, 0.1) is 0 Å². The first-order chi connectivity index (χ1) is 5.88. The Hall–Kier alpha value is 0.350. The van der Waals surface area contributed by atoms with E-state index in [0.717, 1.165) is 18.4 Å². The predicted molar refractivity (Wildman–Crippen MR) is 62.2 cm³/mol. The average Bonchev–Trinajstić information content (AvgIpc) is 2.24. The van der Waals surface area contributed by atoms with Gasteiger partial charge in [0.15, 0.2) is 0 Å². The number of likely N-dealkylation sites (tertiary alicyclic amines) is 1. The number of hydrogen-bond acceptors (Lipinski definition) is 2. The van der Waals surface area contributed by atoms with Gasteiger partial charge in [0, 0.05) is 0 Å². The summed E-state index contributed by atoms with van der Waals surface area (Å²) in [5.41, 5.74) is 0. The molecule has 1 fully saturated rings. The minimum atomic E-state index is -1.29. The molecule has 0 aromatic rings. The van der Waals surface area contributed by atoms with Crippen LogP contribution in [0.4, 0.5) is 0 Å². The van der Waals surface area contributed by atoms with Crippen molar-refractivity contribution in [2.24, 2.45) is 11.8 Å². The molecule has 0 aliphatic carbocycles. The van der Waals surface area contributed by atoms with E-state index in [4.69, 9.17) is 4.52 Å². The molecule has 2 nitrogen and oxygen atoms in total. The molecule has 0 aromatic heterocycles. The van der Waals surface area contributed by atoms with Crippen LogP contribution in [0.5, 0.6) is 0 Å². The molecular formula is C10H24NOP. The van der Waals surface area contributed by atoms with Gasteiger partial charge < -0.3 is 0 Å². The molecular weight excluding hydrogens is 181 g/mol. The summed E-state index contributed by atoms with van der Waals surface area (Å²) < 4.78 is 5.94. The summed E-state index contributed by atoms with van der Waals surface area (Å²) in [6, 6.07) is 0. The summed E-state index contributed by atoms with van der Waals surface area (Å²) >= 11 is 0. The summed E-state index contributed by atoms with van der Waals surface area (Å²) in [6.07, 6.45) is 0. The Kier molecular flexibility index (Phi) is 3.73. The van der Waals surface area contributed by atoms with Crippen molar-refractivity contribution in [2.45, 2.75) is 6.92 Å². The molecule has 2 atom stereocenters. The molecule has 0 spiro atoms. The van der Waals surface area contributed by atoms with Gasteiger partial charge >= 0.3 is 82.4 Å². The van der Waals surface area contributed by atoms with Gasteiger partial charge in [0.25, 0.3) is 0 Å². The van der Waals surface area contributed by atoms with Crippen LogP contribution in [0, 0.1) is 11.8 Å². The van der Waals surface area contributed by atoms with Gasteiger partial charge in [-0.3, -0.25) is 0 Å². The third-order valence-corrected chi connectivity index (χ3v) is 3.71. The number of rotatable bonds is 3. The maximum absolute atomic E-state index is 5.94. The summed E-state index contributed by atoms with van der Waals surface area (Å²) in [5, 5.41) is 0. The van der Waals surface area contributed by atoms with Crippen LogP contribution in [-0.2, 0) is 4.52 Å². The van der Waals surface area contributed by atoms with Gasteiger partial charge in [-0.1, -0.05) is 0 Å². The Morgan fingerprint density at radius 2 is 1.92 bits per heavy atom. The molecule has 1 heterocycles. The van der Waals surface area contributed by atoms with Crippen molar-refractivity contribution in [1.29, 1.82) is 0 Å². The van der Waals surface area contributed by atoms with Crippen molar-refractivity contribution in [3.05, 3.63) is 0 Å². The Morgan fingerprint density at radius 3 is 2.31 bits per heavy atom. The Labute approximate surface area is 83.1 Å². The van der Waals surface area contributed by atoms with Crippen molar-refractivity contribution in [1.82, 2.24) is 4.90 Å². The first-order valence-corrected chi connectivity index (χ1v) is 8.62. The molecule has 1 rings (SSSR count). The van der Waals surface area contributed by atoms with E-state index in [0.29, 0.717) is 0 Å². The van der Waals surface area contributed by atoms with E-state index >= 15 is 0 Å². The van der Waals surface area contributed by atoms with Crippen LogP contribution in [-0.4, -0.2) is 51.6 Å². The van der Waals surface area contributed by atoms with Crippen LogP contribution in [0.25, 0.3) is 0 Å². The Balaban J connectivity index is 2.30. The minimum absolute atomic E-state index is 0.761. The predicted octanol–water partition coefficient (Wildman–Crippen LogP) is 1.75. The molecule has 2 unspecified atom stereocenters. The molecule has 0 N–H and O–H groups in total. The van der Waals surface area contributed by atoms with Crippen molar-refractivity contribution in [3.8, 4) is 0 Å². The zero-order valence-electron chi connectivity index (χ0n) is 9.63. The van der Waals surface area contributed by atoms with Gasteiger partial charge in [0.2, 0.25) is 0 Å². The van der Waals surface area contributed by atoms with Gasteiger partial charge in [-0.15, -0.1) is 0 Å². The quantitative estimate of drug-likeness (QED) is 0.651. The van der Waals surface area contributed by atoms with Crippen LogP contribution >= 0.6 is 7.49 Å². The van der Waals surface area contributed by atoms with E-state index in [1.807, 2.05) is 0 Å². The number of hydrogen-bond donors (Lipinski definition) is 0. The topological polar surface area (TPSA) is 12.5 Å². The second-order valence-electron chi connectivity index (χ2n) is 5.38. The van der Waals surface area contributed by atoms with Gasteiger partial charge in [-0.25, -0.2) is 0 Å². The zero-order chi connectivity index (χ0) is 10.1. The molecule has 3 heteroatoms. The summed E-state index contributed by atoms with van der Waals surface area (Å²) in [5.74, 6) is 1.57. The van der Waals surface area contributed by atoms with Gasteiger partial charge in [0.1, 0.15) is 0 Å². The van der Waals surface area contributed by atoms with Crippen LogP contribution < -0.4 is 0 Å². The van der Waals surface area contributed by atoms with E-state index in [1.165, 1.54) is 13.1 Å². The Bertz CT molecular complexity index is 167. The molecule has 13 heavy (non-hydrogen) atoms. The summed E-state index contributed by atoms with van der Waals surface area (Å²) in [6.45, 7) is 12.5. The fourth-order valence-electron chi connectivity index (χ4n) is 1.87. The zero-order valence-corrected chi connectivity index (χ0v) is 10.6. The molecule has 0 bridgehead atoms. The SMILES string of the molecule is CC1CN(C)CC1CO[PH](C)(C)C. The standard InChI is InChI=1S/C10H24NOP/c1-9-6-11(2)7-10(9)8-12-13(3,4)5/h9-10,13H,6-8H2,1-5H3. The van der Waals surface area contributed by atoms with E-state index < -0.39 is 7.49 Å². The van der Waals surface area contributed by atoms with Crippen molar-refractivity contribution >= 4 is 7.49 Å². The van der Waals surface area contributed by atoms with E-state index in [-0.39, 0.29) is 0 Å². The van der Waals surface area contributed by atoms with Crippen molar-refractivity contribution in [3.63, 3.8) is 0 Å². The molecule has 80 valence electrons. The first kappa shape index (κ1) is 11.4. The maximum atomic E-state index is 5.94. The fraction of sp³-hybridized carbons (Fsp3) is 1.00. The fourth-order valence-corrected chi connectivity index (χ4v) is 2.58. The second-order valence-corrected chi connectivity index (χ2v) is 9.90. The van der Waals surface area contributed by atoms with Gasteiger partial charge in [-0.2, -0.15) is 0 Å². The van der Waals surface area contributed by atoms with Crippen molar-refractivity contribution < 1.29 is 4.52 Å². The monoisotopic (exact) mass is 205 g/mol. The van der Waals surface area contributed by atoms with Crippen LogP contribution in [0.1, 0.15) is 6.92 Å². The Morgan fingerprint density at radius 1 is 1.31 bits per heavy atom. The molecule has 0 saturated carbocycles. The molecule has 0 amide bonds.